The van der Waals surface area contributed by atoms with Crippen LogP contribution in [0, 0.1) is 6.92 Å². The van der Waals surface area contributed by atoms with E-state index in [-0.39, 0.29) is 18.2 Å². The zero-order valence-corrected chi connectivity index (χ0v) is 14.4. The summed E-state index contributed by atoms with van der Waals surface area (Å²) in [5.41, 5.74) is 2.54. The summed E-state index contributed by atoms with van der Waals surface area (Å²) in [5.74, 6) is 0.554. The van der Waals surface area contributed by atoms with Crippen molar-refractivity contribution in [2.75, 3.05) is 0 Å². The maximum Gasteiger partial charge on any atom is 0.268 e. The summed E-state index contributed by atoms with van der Waals surface area (Å²) in [5, 5.41) is 8.59. The van der Waals surface area contributed by atoms with Crippen molar-refractivity contribution in [2.24, 2.45) is 0 Å². The molecule has 1 aliphatic rings. The van der Waals surface area contributed by atoms with Crippen LogP contribution >= 0.6 is 11.3 Å². The summed E-state index contributed by atoms with van der Waals surface area (Å²) in [4.78, 5) is 33.1. The second-order valence-electron chi connectivity index (χ2n) is 5.93. The van der Waals surface area contributed by atoms with Crippen molar-refractivity contribution in [2.45, 2.75) is 32.7 Å². The molecule has 1 aliphatic carbocycles. The number of Topliss-reactive ketones (excluding diaryl/α,β-unsaturated/α-hetero) is 1. The Morgan fingerprint density at radius 3 is 3.12 bits per heavy atom. The Balaban J connectivity index is 1.50. The average molecular weight is 356 g/mol. The van der Waals surface area contributed by atoms with Crippen LogP contribution in [-0.2, 0) is 13.0 Å². The Kier molecular flexibility index (Phi) is 3.96. The van der Waals surface area contributed by atoms with Gasteiger partial charge in [0, 0.05) is 17.8 Å². The first-order valence-electron chi connectivity index (χ1n) is 8.03. The summed E-state index contributed by atoms with van der Waals surface area (Å²) in [6.07, 6.45) is 2.10. The maximum absolute atomic E-state index is 12.6. The zero-order valence-electron chi connectivity index (χ0n) is 13.6. The number of hydrogen-bond acceptors (Lipinski definition) is 6. The summed E-state index contributed by atoms with van der Waals surface area (Å²) in [7, 11) is 0. The molecule has 0 bridgehead atoms. The number of amides is 1. The summed E-state index contributed by atoms with van der Waals surface area (Å²) < 4.78 is 5.20. The first-order chi connectivity index (χ1) is 12.1. The number of aryl methyl sites for hydroxylation is 2. The minimum Gasteiger partial charge on any atom is -0.361 e. The zero-order chi connectivity index (χ0) is 17.4. The van der Waals surface area contributed by atoms with E-state index in [4.69, 9.17) is 4.52 Å². The lowest BCUT2D eigenvalue weighted by Crippen LogP contribution is -2.26. The van der Waals surface area contributed by atoms with Crippen LogP contribution < -0.4 is 5.32 Å². The van der Waals surface area contributed by atoms with Crippen LogP contribution in [0.5, 0.6) is 0 Å². The van der Waals surface area contributed by atoms with Gasteiger partial charge in [-0.05, 0) is 31.2 Å². The van der Waals surface area contributed by atoms with Gasteiger partial charge in [-0.2, -0.15) is 4.98 Å². The number of rotatable bonds is 4. The largest absolute Gasteiger partial charge is 0.361 e. The molecule has 0 saturated carbocycles. The number of nitrogens with zero attached hydrogens (tertiary/aromatic N) is 2. The van der Waals surface area contributed by atoms with Gasteiger partial charge in [0.15, 0.2) is 11.6 Å². The van der Waals surface area contributed by atoms with Crippen LogP contribution in [0.4, 0.5) is 0 Å². The molecule has 0 spiro atoms. The van der Waals surface area contributed by atoms with E-state index in [0.29, 0.717) is 35.0 Å². The van der Waals surface area contributed by atoms with Crippen molar-refractivity contribution < 1.29 is 14.1 Å². The van der Waals surface area contributed by atoms with E-state index < -0.39 is 0 Å². The van der Waals surface area contributed by atoms with Gasteiger partial charge in [0.25, 0.3) is 11.8 Å². The van der Waals surface area contributed by atoms with Crippen LogP contribution in [0.25, 0.3) is 10.8 Å². The highest BCUT2D eigenvalue weighted by Crippen LogP contribution is 2.27. The minimum absolute atomic E-state index is 0.0234. The SMILES string of the molecule is Cc1[nH]c2c(c1C(=O)NCc1noc(-c3cccs3)n1)C(=O)CCC2. The van der Waals surface area contributed by atoms with Crippen molar-refractivity contribution in [3.63, 3.8) is 0 Å². The number of fused-ring (bicyclic) bond motifs is 1. The summed E-state index contributed by atoms with van der Waals surface area (Å²) in [6.45, 7) is 1.95. The quantitative estimate of drug-likeness (QED) is 0.748. The third-order valence-electron chi connectivity index (χ3n) is 4.21. The average Bonchev–Trinajstić information content (AvgIpc) is 3.31. The van der Waals surface area contributed by atoms with E-state index in [9.17, 15) is 9.59 Å². The Morgan fingerprint density at radius 1 is 1.44 bits per heavy atom. The van der Waals surface area contributed by atoms with E-state index >= 15 is 0 Å². The molecule has 0 fully saturated rings. The molecule has 3 aromatic heterocycles. The van der Waals surface area contributed by atoms with Crippen molar-refractivity contribution >= 4 is 23.0 Å². The number of nitrogens with one attached hydrogen (secondary N) is 2. The fraction of sp³-hybridized carbons (Fsp3) is 0.294. The highest BCUT2D eigenvalue weighted by atomic mass is 32.1. The molecule has 7 nitrogen and oxygen atoms in total. The number of hydrogen-bond donors (Lipinski definition) is 2. The van der Waals surface area contributed by atoms with Crippen molar-refractivity contribution in [3.05, 3.63) is 45.9 Å². The first kappa shape index (κ1) is 15.8. The van der Waals surface area contributed by atoms with E-state index in [1.165, 1.54) is 11.3 Å². The summed E-state index contributed by atoms with van der Waals surface area (Å²) >= 11 is 1.50. The number of carbonyl (C=O) groups excluding carboxylic acids is 2. The molecule has 0 saturated heterocycles. The molecule has 0 aliphatic heterocycles. The molecule has 2 N–H and O–H groups in total. The van der Waals surface area contributed by atoms with Crippen LogP contribution in [0.15, 0.2) is 22.0 Å². The van der Waals surface area contributed by atoms with Crippen LogP contribution in [0.1, 0.15) is 50.8 Å². The van der Waals surface area contributed by atoms with Crippen LogP contribution in [0.2, 0.25) is 0 Å². The molecular formula is C17H16N4O3S. The summed E-state index contributed by atoms with van der Waals surface area (Å²) in [6, 6.07) is 3.79. The minimum atomic E-state index is -0.298. The number of ketones is 1. The number of aromatic nitrogens is 3. The Labute approximate surface area is 147 Å². The van der Waals surface area contributed by atoms with Crippen molar-refractivity contribution in [1.29, 1.82) is 0 Å². The van der Waals surface area contributed by atoms with Gasteiger partial charge in [0.2, 0.25) is 0 Å². The number of carbonyl (C=O) groups is 2. The molecule has 4 rings (SSSR count). The fourth-order valence-corrected chi connectivity index (χ4v) is 3.74. The Morgan fingerprint density at radius 2 is 2.32 bits per heavy atom. The van der Waals surface area contributed by atoms with Gasteiger partial charge in [-0.15, -0.1) is 11.3 Å². The molecule has 1 amide bonds. The van der Waals surface area contributed by atoms with Gasteiger partial charge >= 0.3 is 0 Å². The van der Waals surface area contributed by atoms with E-state index in [1.54, 1.807) is 0 Å². The second kappa shape index (κ2) is 6.29. The molecule has 0 unspecified atom stereocenters. The molecule has 25 heavy (non-hydrogen) atoms. The van der Waals surface area contributed by atoms with Gasteiger partial charge in [0.05, 0.1) is 22.5 Å². The van der Waals surface area contributed by atoms with E-state index in [2.05, 4.69) is 20.4 Å². The van der Waals surface area contributed by atoms with Gasteiger partial charge < -0.3 is 14.8 Å². The predicted octanol–water partition coefficient (Wildman–Crippen LogP) is 2.88. The van der Waals surface area contributed by atoms with Gasteiger partial charge in [0.1, 0.15) is 0 Å². The topological polar surface area (TPSA) is 101 Å². The monoisotopic (exact) mass is 356 g/mol. The molecule has 3 heterocycles. The smallest absolute Gasteiger partial charge is 0.268 e. The molecule has 8 heteroatoms. The van der Waals surface area contributed by atoms with E-state index in [0.717, 1.165) is 23.4 Å². The third-order valence-corrected chi connectivity index (χ3v) is 5.07. The molecule has 0 radical (unpaired) electrons. The lowest BCUT2D eigenvalue weighted by molar-refractivity contribution is 0.0925. The lowest BCUT2D eigenvalue weighted by Gasteiger charge is -2.11. The van der Waals surface area contributed by atoms with E-state index in [1.807, 2.05) is 24.4 Å². The Bertz CT molecular complexity index is 939. The normalized spacial score (nSPS) is 13.7. The van der Waals surface area contributed by atoms with Gasteiger partial charge in [-0.3, -0.25) is 9.59 Å². The maximum atomic E-state index is 12.6. The first-order valence-corrected chi connectivity index (χ1v) is 8.90. The van der Waals surface area contributed by atoms with Crippen molar-refractivity contribution in [3.8, 4) is 10.8 Å². The molecule has 0 aromatic carbocycles. The lowest BCUT2D eigenvalue weighted by atomic mass is 9.93. The third kappa shape index (κ3) is 2.89. The number of thiophene rings is 1. The number of aromatic amines is 1. The molecule has 0 atom stereocenters. The molecule has 128 valence electrons. The fourth-order valence-electron chi connectivity index (χ4n) is 3.09. The standard InChI is InChI=1S/C17H16N4O3S/c1-9-14(15-10(19-9)4-2-5-11(15)22)16(23)18-8-13-20-17(24-21-13)12-6-3-7-25-12/h3,6-7,19H,2,4-5,8H2,1H3,(H,18,23). The van der Waals surface area contributed by atoms with Crippen LogP contribution in [-0.4, -0.2) is 26.8 Å². The highest BCUT2D eigenvalue weighted by molar-refractivity contribution is 7.13. The number of H-pyrrole nitrogens is 1. The molecular weight excluding hydrogens is 340 g/mol. The van der Waals surface area contributed by atoms with Gasteiger partial charge in [-0.25, -0.2) is 0 Å². The second-order valence-corrected chi connectivity index (χ2v) is 6.88. The van der Waals surface area contributed by atoms with Crippen molar-refractivity contribution in [1.82, 2.24) is 20.4 Å². The van der Waals surface area contributed by atoms with Crippen LogP contribution in [0.3, 0.4) is 0 Å². The highest BCUT2D eigenvalue weighted by Gasteiger charge is 2.28. The van der Waals surface area contributed by atoms with Gasteiger partial charge in [-0.1, -0.05) is 11.2 Å². The molecule has 3 aromatic rings. The Hall–Kier alpha value is -2.74. The predicted molar refractivity (Wildman–Crippen MR) is 91.6 cm³/mol.